The summed E-state index contributed by atoms with van der Waals surface area (Å²) in [6.07, 6.45) is 2.78. The Morgan fingerprint density at radius 3 is 2.71 bits per heavy atom. The Balaban J connectivity index is 2.83. The van der Waals surface area contributed by atoms with Crippen LogP contribution in [0.15, 0.2) is 18.2 Å². The van der Waals surface area contributed by atoms with Crippen LogP contribution in [0.1, 0.15) is 31.4 Å². The minimum Gasteiger partial charge on any atom is -0.496 e. The van der Waals surface area contributed by atoms with Crippen molar-refractivity contribution in [3.63, 3.8) is 0 Å². The van der Waals surface area contributed by atoms with Crippen molar-refractivity contribution < 1.29 is 4.74 Å². The number of methoxy groups -OCH3 is 1. The van der Waals surface area contributed by atoms with Gasteiger partial charge in [-0.2, -0.15) is 0 Å². The van der Waals surface area contributed by atoms with E-state index in [2.05, 4.69) is 26.0 Å². The molecule has 0 radical (unpaired) electrons. The lowest BCUT2D eigenvalue weighted by Gasteiger charge is -2.14. The molecular weight excluding hydrogens is 230 g/mol. The van der Waals surface area contributed by atoms with E-state index in [-0.39, 0.29) is 0 Å². The zero-order valence-electron chi connectivity index (χ0n) is 10.8. The molecule has 2 N–H and O–H groups in total. The molecule has 0 aliphatic heterocycles. The summed E-state index contributed by atoms with van der Waals surface area (Å²) in [5, 5.41) is 0. The molecule has 1 atom stereocenters. The molecule has 0 spiro atoms. The zero-order valence-corrected chi connectivity index (χ0v) is 11.6. The van der Waals surface area contributed by atoms with Crippen molar-refractivity contribution in [1.29, 1.82) is 0 Å². The quantitative estimate of drug-likeness (QED) is 0.789. The van der Waals surface area contributed by atoms with Crippen LogP contribution in [0.25, 0.3) is 0 Å². The summed E-state index contributed by atoms with van der Waals surface area (Å²) < 4.78 is 5.39. The topological polar surface area (TPSA) is 35.2 Å². The minimum absolute atomic E-state index is 0.452. The summed E-state index contributed by atoms with van der Waals surface area (Å²) >= 11 is 4.94. The molecule has 1 unspecified atom stereocenters. The number of hydrogen-bond acceptors (Lipinski definition) is 2. The van der Waals surface area contributed by atoms with E-state index in [4.69, 9.17) is 22.7 Å². The Kier molecular flexibility index (Phi) is 5.42. The van der Waals surface area contributed by atoms with Gasteiger partial charge in [0.25, 0.3) is 0 Å². The predicted molar refractivity (Wildman–Crippen MR) is 76.6 cm³/mol. The fraction of sp³-hybridized carbons (Fsp3) is 0.500. The SMILES string of the molecule is CCc1ccc(OC)c(CC(C)CC(N)=S)c1. The molecule has 1 aromatic rings. The fourth-order valence-electron chi connectivity index (χ4n) is 2.00. The smallest absolute Gasteiger partial charge is 0.122 e. The van der Waals surface area contributed by atoms with Gasteiger partial charge in [-0.1, -0.05) is 38.2 Å². The molecular formula is C14H21NOS. The van der Waals surface area contributed by atoms with Crippen LogP contribution in [0, 0.1) is 5.92 Å². The Hall–Kier alpha value is -1.09. The summed E-state index contributed by atoms with van der Waals surface area (Å²) in [6.45, 7) is 4.32. The van der Waals surface area contributed by atoms with E-state index in [0.29, 0.717) is 10.9 Å². The van der Waals surface area contributed by atoms with E-state index in [1.807, 2.05) is 6.07 Å². The Morgan fingerprint density at radius 2 is 2.18 bits per heavy atom. The Bertz CT molecular complexity index is 390. The van der Waals surface area contributed by atoms with E-state index in [1.165, 1.54) is 11.1 Å². The standard InChI is InChI=1S/C14H21NOS/c1-4-11-5-6-13(16-3)12(9-11)7-10(2)8-14(15)17/h5-6,9-10H,4,7-8H2,1-3H3,(H2,15,17). The molecule has 0 saturated carbocycles. The number of ether oxygens (including phenoxy) is 1. The first-order valence-corrected chi connectivity index (χ1v) is 6.41. The number of aryl methyl sites for hydroxylation is 1. The van der Waals surface area contributed by atoms with E-state index in [9.17, 15) is 0 Å². The lowest BCUT2D eigenvalue weighted by atomic mass is 9.95. The van der Waals surface area contributed by atoms with Crippen LogP contribution in [0.2, 0.25) is 0 Å². The maximum atomic E-state index is 5.57. The second-order valence-electron chi connectivity index (χ2n) is 4.48. The fourth-order valence-corrected chi connectivity index (χ4v) is 2.29. The first-order valence-electron chi connectivity index (χ1n) is 6.00. The Labute approximate surface area is 109 Å². The van der Waals surface area contributed by atoms with Gasteiger partial charge in [-0.15, -0.1) is 0 Å². The average Bonchev–Trinajstić information content (AvgIpc) is 2.27. The van der Waals surface area contributed by atoms with Gasteiger partial charge < -0.3 is 10.5 Å². The van der Waals surface area contributed by atoms with Gasteiger partial charge in [-0.05, 0) is 36.0 Å². The predicted octanol–water partition coefficient (Wildman–Crippen LogP) is 3.11. The van der Waals surface area contributed by atoms with E-state index in [0.717, 1.165) is 25.0 Å². The van der Waals surface area contributed by atoms with Gasteiger partial charge in [0.1, 0.15) is 5.75 Å². The molecule has 3 heteroatoms. The van der Waals surface area contributed by atoms with Crippen molar-refractivity contribution in [2.75, 3.05) is 7.11 Å². The van der Waals surface area contributed by atoms with Crippen LogP contribution in [0.4, 0.5) is 0 Å². The molecule has 0 heterocycles. The van der Waals surface area contributed by atoms with Gasteiger partial charge in [-0.3, -0.25) is 0 Å². The zero-order chi connectivity index (χ0) is 12.8. The third-order valence-corrected chi connectivity index (χ3v) is 3.04. The molecule has 0 aliphatic rings. The number of rotatable bonds is 6. The highest BCUT2D eigenvalue weighted by atomic mass is 32.1. The summed E-state index contributed by atoms with van der Waals surface area (Å²) in [6, 6.07) is 6.37. The van der Waals surface area contributed by atoms with Crippen molar-refractivity contribution >= 4 is 17.2 Å². The van der Waals surface area contributed by atoms with Gasteiger partial charge in [0, 0.05) is 6.42 Å². The molecule has 0 saturated heterocycles. The van der Waals surface area contributed by atoms with Crippen LogP contribution in [-0.4, -0.2) is 12.1 Å². The molecule has 0 aliphatic carbocycles. The average molecular weight is 251 g/mol. The first-order chi connectivity index (χ1) is 8.06. The molecule has 0 bridgehead atoms. The first kappa shape index (κ1) is 14.0. The van der Waals surface area contributed by atoms with E-state index < -0.39 is 0 Å². The van der Waals surface area contributed by atoms with Crippen molar-refractivity contribution in [3.05, 3.63) is 29.3 Å². The van der Waals surface area contributed by atoms with Gasteiger partial charge in [-0.25, -0.2) is 0 Å². The van der Waals surface area contributed by atoms with Crippen LogP contribution in [0.3, 0.4) is 0 Å². The molecule has 0 aromatic heterocycles. The summed E-state index contributed by atoms with van der Waals surface area (Å²) in [5.41, 5.74) is 8.16. The van der Waals surface area contributed by atoms with E-state index in [1.54, 1.807) is 7.11 Å². The van der Waals surface area contributed by atoms with Crippen LogP contribution < -0.4 is 10.5 Å². The van der Waals surface area contributed by atoms with Crippen LogP contribution >= 0.6 is 12.2 Å². The highest BCUT2D eigenvalue weighted by Crippen LogP contribution is 2.24. The number of nitrogens with two attached hydrogens (primary N) is 1. The van der Waals surface area contributed by atoms with Gasteiger partial charge in [0.05, 0.1) is 12.1 Å². The van der Waals surface area contributed by atoms with Crippen LogP contribution in [0.5, 0.6) is 5.75 Å². The molecule has 0 amide bonds. The van der Waals surface area contributed by atoms with Crippen molar-refractivity contribution in [3.8, 4) is 5.75 Å². The maximum absolute atomic E-state index is 5.57. The molecule has 1 rings (SSSR count). The highest BCUT2D eigenvalue weighted by Gasteiger charge is 2.10. The number of benzene rings is 1. The van der Waals surface area contributed by atoms with Gasteiger partial charge >= 0.3 is 0 Å². The molecule has 2 nitrogen and oxygen atoms in total. The summed E-state index contributed by atoms with van der Waals surface area (Å²) in [4.78, 5) is 0.586. The summed E-state index contributed by atoms with van der Waals surface area (Å²) in [7, 11) is 1.71. The maximum Gasteiger partial charge on any atom is 0.122 e. The minimum atomic E-state index is 0.452. The van der Waals surface area contributed by atoms with Crippen molar-refractivity contribution in [2.45, 2.75) is 33.1 Å². The molecule has 94 valence electrons. The highest BCUT2D eigenvalue weighted by molar-refractivity contribution is 7.80. The Morgan fingerprint density at radius 1 is 1.47 bits per heavy atom. The monoisotopic (exact) mass is 251 g/mol. The van der Waals surface area contributed by atoms with Crippen molar-refractivity contribution in [2.24, 2.45) is 11.7 Å². The number of hydrogen-bond donors (Lipinski definition) is 1. The second kappa shape index (κ2) is 6.60. The second-order valence-corrected chi connectivity index (χ2v) is 5.00. The molecule has 1 aromatic carbocycles. The lowest BCUT2D eigenvalue weighted by molar-refractivity contribution is 0.406. The summed E-state index contributed by atoms with van der Waals surface area (Å²) in [5.74, 6) is 1.41. The largest absolute Gasteiger partial charge is 0.496 e. The van der Waals surface area contributed by atoms with Gasteiger partial charge in [0.2, 0.25) is 0 Å². The van der Waals surface area contributed by atoms with Crippen molar-refractivity contribution in [1.82, 2.24) is 0 Å². The third-order valence-electron chi connectivity index (χ3n) is 2.87. The van der Waals surface area contributed by atoms with E-state index >= 15 is 0 Å². The molecule has 17 heavy (non-hydrogen) atoms. The molecule has 0 fully saturated rings. The normalized spacial score (nSPS) is 12.2. The van der Waals surface area contributed by atoms with Crippen LogP contribution in [-0.2, 0) is 12.8 Å². The van der Waals surface area contributed by atoms with Gasteiger partial charge in [0.15, 0.2) is 0 Å². The third kappa shape index (κ3) is 4.35. The number of thiocarbonyl (C=S) groups is 1. The lowest BCUT2D eigenvalue weighted by Crippen LogP contribution is -2.14.